The Morgan fingerprint density at radius 3 is 2.54 bits per heavy atom. The summed E-state index contributed by atoms with van der Waals surface area (Å²) in [5, 5.41) is 0. The number of carbonyl (C=O) groups excluding carboxylic acids is 3. The topological polar surface area (TPSA) is 85.4 Å². The van der Waals surface area contributed by atoms with E-state index in [1.807, 2.05) is 6.92 Å². The molecule has 0 aliphatic carbocycles. The number of amides is 2. The molecule has 3 rings (SSSR count). The number of morpholine rings is 1. The number of cyclic esters (lactones) is 1. The summed E-state index contributed by atoms with van der Waals surface area (Å²) in [7, 11) is 0. The second-order valence-corrected chi connectivity index (χ2v) is 6.16. The molecule has 2 aliphatic rings. The molecule has 140 valence electrons. The van der Waals surface area contributed by atoms with Crippen molar-refractivity contribution >= 4 is 29.3 Å². The van der Waals surface area contributed by atoms with Crippen molar-refractivity contribution in [3.8, 4) is 0 Å². The first-order valence-electron chi connectivity index (χ1n) is 8.70. The predicted molar refractivity (Wildman–Crippen MR) is 93.1 cm³/mol. The highest BCUT2D eigenvalue weighted by molar-refractivity contribution is 5.95. The number of carbonyl (C=O) groups is 3. The summed E-state index contributed by atoms with van der Waals surface area (Å²) in [6.45, 7) is 3.36. The van der Waals surface area contributed by atoms with Crippen molar-refractivity contribution in [2.24, 2.45) is 0 Å². The minimum Gasteiger partial charge on any atom is -0.462 e. The van der Waals surface area contributed by atoms with E-state index in [-0.39, 0.29) is 25.1 Å². The lowest BCUT2D eigenvalue weighted by atomic mass is 10.2. The highest BCUT2D eigenvalue weighted by atomic mass is 16.6. The zero-order chi connectivity index (χ0) is 18.5. The van der Waals surface area contributed by atoms with Crippen LogP contribution in [-0.2, 0) is 23.8 Å². The number of ether oxygens (including phenoxy) is 3. The van der Waals surface area contributed by atoms with E-state index in [1.165, 1.54) is 4.90 Å². The summed E-state index contributed by atoms with van der Waals surface area (Å²) < 4.78 is 15.5. The molecule has 2 fully saturated rings. The van der Waals surface area contributed by atoms with E-state index in [9.17, 15) is 14.4 Å². The second-order valence-electron chi connectivity index (χ2n) is 6.16. The van der Waals surface area contributed by atoms with Gasteiger partial charge in [-0.05, 0) is 30.7 Å². The first-order valence-corrected chi connectivity index (χ1v) is 8.70. The number of anilines is 2. The van der Waals surface area contributed by atoms with E-state index in [4.69, 9.17) is 14.2 Å². The summed E-state index contributed by atoms with van der Waals surface area (Å²) in [4.78, 5) is 38.5. The lowest BCUT2D eigenvalue weighted by Crippen LogP contribution is -2.41. The molecule has 8 heteroatoms. The molecule has 8 nitrogen and oxygen atoms in total. The fourth-order valence-electron chi connectivity index (χ4n) is 2.88. The van der Waals surface area contributed by atoms with Crippen LogP contribution in [0.5, 0.6) is 0 Å². The quantitative estimate of drug-likeness (QED) is 0.717. The Morgan fingerprint density at radius 2 is 1.88 bits per heavy atom. The molecule has 26 heavy (non-hydrogen) atoms. The molecule has 0 saturated carbocycles. The van der Waals surface area contributed by atoms with Crippen molar-refractivity contribution in [3.63, 3.8) is 0 Å². The van der Waals surface area contributed by atoms with Gasteiger partial charge >= 0.3 is 12.1 Å². The number of hydrogen-bond acceptors (Lipinski definition) is 6. The third-order valence-electron chi connectivity index (χ3n) is 4.22. The van der Waals surface area contributed by atoms with Crippen LogP contribution in [0.4, 0.5) is 16.2 Å². The van der Waals surface area contributed by atoms with Crippen molar-refractivity contribution in [2.45, 2.75) is 25.9 Å². The second kappa shape index (κ2) is 8.18. The van der Waals surface area contributed by atoms with Crippen LogP contribution in [-0.4, -0.2) is 57.0 Å². The van der Waals surface area contributed by atoms with Gasteiger partial charge in [0.2, 0.25) is 0 Å². The average molecular weight is 362 g/mol. The zero-order valence-corrected chi connectivity index (χ0v) is 14.7. The fraction of sp³-hybridized carbons (Fsp3) is 0.500. The van der Waals surface area contributed by atoms with Crippen molar-refractivity contribution in [1.82, 2.24) is 0 Å². The molecule has 2 heterocycles. The van der Waals surface area contributed by atoms with Crippen LogP contribution in [0.2, 0.25) is 0 Å². The van der Waals surface area contributed by atoms with Crippen LogP contribution in [0.3, 0.4) is 0 Å². The van der Waals surface area contributed by atoms with E-state index < -0.39 is 12.2 Å². The van der Waals surface area contributed by atoms with Crippen molar-refractivity contribution in [3.05, 3.63) is 24.3 Å². The molecule has 0 N–H and O–H groups in total. The first-order chi connectivity index (χ1) is 12.6. The van der Waals surface area contributed by atoms with Crippen molar-refractivity contribution < 1.29 is 28.6 Å². The Bertz CT molecular complexity index is 675. The lowest BCUT2D eigenvalue weighted by Gasteiger charge is -2.27. The average Bonchev–Trinajstić information content (AvgIpc) is 3.02. The van der Waals surface area contributed by atoms with Gasteiger partial charge in [-0.1, -0.05) is 6.92 Å². The number of rotatable bonds is 6. The highest BCUT2D eigenvalue weighted by Crippen LogP contribution is 2.25. The van der Waals surface area contributed by atoms with Gasteiger partial charge in [0.15, 0.2) is 6.10 Å². The Labute approximate surface area is 151 Å². The van der Waals surface area contributed by atoms with E-state index in [1.54, 1.807) is 29.2 Å². The zero-order valence-electron chi connectivity index (χ0n) is 14.7. The molecule has 0 spiro atoms. The van der Waals surface area contributed by atoms with Crippen LogP contribution >= 0.6 is 0 Å². The number of nitrogens with zero attached hydrogens (tertiary/aromatic N) is 2. The standard InChI is InChI=1S/C18H22N2O6/c1-2-3-17(22)25-11-15-10-20(18(23)26-15)14-6-4-13(5-7-14)19-8-9-24-12-16(19)21/h4-7,15H,2-3,8-12H2,1H3. The molecule has 0 bridgehead atoms. The predicted octanol–water partition coefficient (Wildman–Crippen LogP) is 1.72. The van der Waals surface area contributed by atoms with Gasteiger partial charge in [0.05, 0.1) is 13.2 Å². The molecule has 1 aromatic carbocycles. The Balaban J connectivity index is 1.59. The van der Waals surface area contributed by atoms with Crippen LogP contribution < -0.4 is 9.80 Å². The molecule has 0 aromatic heterocycles. The van der Waals surface area contributed by atoms with E-state index in [0.29, 0.717) is 38.2 Å². The maximum Gasteiger partial charge on any atom is 0.414 e. The van der Waals surface area contributed by atoms with Crippen LogP contribution in [0.1, 0.15) is 19.8 Å². The molecule has 2 aliphatic heterocycles. The van der Waals surface area contributed by atoms with Gasteiger partial charge in [-0.15, -0.1) is 0 Å². The molecule has 1 aromatic rings. The van der Waals surface area contributed by atoms with Gasteiger partial charge in [-0.2, -0.15) is 0 Å². The van der Waals surface area contributed by atoms with Gasteiger partial charge in [0.1, 0.15) is 13.2 Å². The van der Waals surface area contributed by atoms with Gasteiger partial charge in [0, 0.05) is 24.3 Å². The highest BCUT2D eigenvalue weighted by Gasteiger charge is 2.33. The van der Waals surface area contributed by atoms with Crippen molar-refractivity contribution in [2.75, 3.05) is 42.7 Å². The largest absolute Gasteiger partial charge is 0.462 e. The maximum absolute atomic E-state index is 12.1. The van der Waals surface area contributed by atoms with Crippen LogP contribution in [0.15, 0.2) is 24.3 Å². The SMILES string of the molecule is CCCC(=O)OCC1CN(c2ccc(N3CCOCC3=O)cc2)C(=O)O1. The normalized spacial score (nSPS) is 20.3. The number of hydrogen-bond donors (Lipinski definition) is 0. The smallest absolute Gasteiger partial charge is 0.414 e. The molecule has 1 unspecified atom stereocenters. The summed E-state index contributed by atoms with van der Waals surface area (Å²) in [6.07, 6.45) is 0.111. The minimum absolute atomic E-state index is 0.0570. The van der Waals surface area contributed by atoms with E-state index in [2.05, 4.69) is 0 Å². The summed E-state index contributed by atoms with van der Waals surface area (Å²) in [5.41, 5.74) is 1.43. The third-order valence-corrected chi connectivity index (χ3v) is 4.22. The molecular formula is C18H22N2O6. The maximum atomic E-state index is 12.1. The van der Waals surface area contributed by atoms with Gasteiger partial charge in [-0.3, -0.25) is 14.5 Å². The van der Waals surface area contributed by atoms with Gasteiger partial charge in [0.25, 0.3) is 5.91 Å². The lowest BCUT2D eigenvalue weighted by molar-refractivity contribution is -0.146. The van der Waals surface area contributed by atoms with Crippen LogP contribution in [0.25, 0.3) is 0 Å². The molecule has 0 radical (unpaired) electrons. The minimum atomic E-state index is -0.483. The molecular weight excluding hydrogens is 340 g/mol. The summed E-state index contributed by atoms with van der Waals surface area (Å²) in [5.74, 6) is -0.375. The molecule has 2 saturated heterocycles. The molecule has 1 atom stereocenters. The Kier molecular flexibility index (Phi) is 5.72. The van der Waals surface area contributed by atoms with E-state index in [0.717, 1.165) is 5.69 Å². The monoisotopic (exact) mass is 362 g/mol. The van der Waals surface area contributed by atoms with Crippen LogP contribution in [0, 0.1) is 0 Å². The first kappa shape index (κ1) is 18.2. The third kappa shape index (κ3) is 4.13. The van der Waals surface area contributed by atoms with Crippen molar-refractivity contribution in [1.29, 1.82) is 0 Å². The summed E-state index contributed by atoms with van der Waals surface area (Å²) >= 11 is 0. The number of esters is 1. The summed E-state index contributed by atoms with van der Waals surface area (Å²) in [6, 6.07) is 7.12. The van der Waals surface area contributed by atoms with E-state index >= 15 is 0 Å². The molecule has 2 amide bonds. The Morgan fingerprint density at radius 1 is 1.19 bits per heavy atom. The number of benzene rings is 1. The fourth-order valence-corrected chi connectivity index (χ4v) is 2.88. The van der Waals surface area contributed by atoms with Gasteiger partial charge < -0.3 is 19.1 Å². The Hall–Kier alpha value is -2.61. The van der Waals surface area contributed by atoms with Gasteiger partial charge in [-0.25, -0.2) is 4.79 Å².